The van der Waals surface area contributed by atoms with Gasteiger partial charge in [-0.15, -0.1) is 0 Å². The van der Waals surface area contributed by atoms with Crippen molar-refractivity contribution in [3.05, 3.63) is 107 Å². The molecule has 1 aliphatic heterocycles. The minimum atomic E-state index is -0.823. The van der Waals surface area contributed by atoms with Crippen LogP contribution in [0.4, 0.5) is 0 Å². The molecule has 2 heterocycles. The molecule has 5 rings (SSSR count). The fourth-order valence-electron chi connectivity index (χ4n) is 4.92. The van der Waals surface area contributed by atoms with Crippen molar-refractivity contribution in [2.24, 2.45) is 0 Å². The maximum absolute atomic E-state index is 13.9. The van der Waals surface area contributed by atoms with Gasteiger partial charge in [0.05, 0.1) is 32.4 Å². The van der Waals surface area contributed by atoms with Crippen LogP contribution in [0, 0.1) is 0 Å². The maximum Gasteiger partial charge on any atom is 0.290 e. The number of hydrogen-bond donors (Lipinski definition) is 1. The lowest BCUT2D eigenvalue weighted by molar-refractivity contribution is -0.130. The van der Waals surface area contributed by atoms with Crippen LogP contribution < -0.4 is 9.47 Å². The number of rotatable bonds is 8. The molecule has 1 aliphatic rings. The van der Waals surface area contributed by atoms with Crippen molar-refractivity contribution in [2.45, 2.75) is 32.4 Å². The highest BCUT2D eigenvalue weighted by Crippen LogP contribution is 2.42. The molecule has 7 heteroatoms. The summed E-state index contributed by atoms with van der Waals surface area (Å²) in [4.78, 5) is 28.9. The van der Waals surface area contributed by atoms with Crippen molar-refractivity contribution in [1.29, 1.82) is 0 Å². The zero-order valence-corrected chi connectivity index (χ0v) is 21.7. The quantitative estimate of drug-likeness (QED) is 0.277. The Hall–Kier alpha value is -4.52. The number of para-hydroxylation sites is 2. The number of furan rings is 1. The molecular weight excluding hydrogens is 482 g/mol. The fraction of sp³-hybridized carbons (Fsp3) is 0.226. The zero-order chi connectivity index (χ0) is 27.0. The van der Waals surface area contributed by atoms with Crippen LogP contribution in [0.3, 0.4) is 0 Å². The smallest absolute Gasteiger partial charge is 0.290 e. The number of methoxy groups -OCH3 is 2. The molecule has 38 heavy (non-hydrogen) atoms. The molecule has 1 unspecified atom stereocenters. The van der Waals surface area contributed by atoms with Crippen molar-refractivity contribution in [1.82, 2.24) is 4.90 Å². The van der Waals surface area contributed by atoms with E-state index in [9.17, 15) is 14.7 Å². The molecule has 0 fully saturated rings. The number of ketones is 1. The van der Waals surface area contributed by atoms with E-state index in [0.29, 0.717) is 33.9 Å². The number of hydrogen-bond acceptors (Lipinski definition) is 6. The SMILES string of the molecule is COc1ccccc1CN1C(=O)C(O)=C(C(=O)c2cc3cccc(OC)c3o2)C1c1ccc(C(C)C)cc1. The Bertz CT molecular complexity index is 1550. The number of aliphatic hydroxyl groups excluding tert-OH is 1. The molecule has 4 aromatic rings. The molecule has 1 aromatic heterocycles. The standard InChI is InChI=1S/C31H29NO6/c1-18(2)19-12-14-20(15-13-19)27-26(28(33)25-16-21-9-7-11-24(37-4)30(21)38-25)29(34)31(35)32(27)17-22-8-5-6-10-23(22)36-3/h5-16,18,27,34H,17H2,1-4H3. The monoisotopic (exact) mass is 511 g/mol. The van der Waals surface area contributed by atoms with Gasteiger partial charge in [0.1, 0.15) is 5.75 Å². The first-order valence-electron chi connectivity index (χ1n) is 12.4. The van der Waals surface area contributed by atoms with Crippen LogP contribution in [0.15, 0.2) is 88.5 Å². The number of benzene rings is 3. The number of fused-ring (bicyclic) bond motifs is 1. The molecule has 3 aromatic carbocycles. The van der Waals surface area contributed by atoms with E-state index in [1.54, 1.807) is 25.3 Å². The lowest BCUT2D eigenvalue weighted by Gasteiger charge is -2.27. The van der Waals surface area contributed by atoms with Gasteiger partial charge in [-0.3, -0.25) is 9.59 Å². The summed E-state index contributed by atoms with van der Waals surface area (Å²) in [7, 11) is 3.09. The van der Waals surface area contributed by atoms with Crippen molar-refractivity contribution >= 4 is 22.7 Å². The van der Waals surface area contributed by atoms with Gasteiger partial charge in [0.15, 0.2) is 22.9 Å². The largest absolute Gasteiger partial charge is 0.503 e. The molecule has 0 aliphatic carbocycles. The summed E-state index contributed by atoms with van der Waals surface area (Å²) >= 11 is 0. The summed E-state index contributed by atoms with van der Waals surface area (Å²) in [6, 6.07) is 21.3. The van der Waals surface area contributed by atoms with Crippen LogP contribution in [-0.4, -0.2) is 35.9 Å². The maximum atomic E-state index is 13.9. The molecule has 0 bridgehead atoms. The highest BCUT2D eigenvalue weighted by atomic mass is 16.5. The first-order valence-corrected chi connectivity index (χ1v) is 12.4. The summed E-state index contributed by atoms with van der Waals surface area (Å²) in [5.41, 5.74) is 2.98. The molecule has 0 spiro atoms. The molecule has 7 nitrogen and oxygen atoms in total. The third-order valence-corrected chi connectivity index (χ3v) is 6.95. The van der Waals surface area contributed by atoms with E-state index < -0.39 is 23.5 Å². The predicted octanol–water partition coefficient (Wildman–Crippen LogP) is 6.35. The molecule has 0 saturated carbocycles. The van der Waals surface area contributed by atoms with E-state index in [1.165, 1.54) is 12.0 Å². The molecule has 194 valence electrons. The van der Waals surface area contributed by atoms with Crippen LogP contribution in [0.5, 0.6) is 11.5 Å². The summed E-state index contributed by atoms with van der Waals surface area (Å²) in [6.45, 7) is 4.32. The van der Waals surface area contributed by atoms with Crippen molar-refractivity contribution in [2.75, 3.05) is 14.2 Å². The number of carbonyl (C=O) groups is 2. The lowest BCUT2D eigenvalue weighted by atomic mass is 9.92. The number of nitrogens with zero attached hydrogens (tertiary/aromatic N) is 1. The topological polar surface area (TPSA) is 89.2 Å². The van der Waals surface area contributed by atoms with E-state index >= 15 is 0 Å². The van der Waals surface area contributed by atoms with Gasteiger partial charge >= 0.3 is 0 Å². The number of ether oxygens (including phenoxy) is 2. The second-order valence-corrected chi connectivity index (χ2v) is 9.55. The van der Waals surface area contributed by atoms with Crippen LogP contribution in [0.2, 0.25) is 0 Å². The van der Waals surface area contributed by atoms with E-state index in [4.69, 9.17) is 13.9 Å². The Morgan fingerprint density at radius 2 is 1.66 bits per heavy atom. The van der Waals surface area contributed by atoms with Gasteiger partial charge in [0, 0.05) is 10.9 Å². The normalized spacial score (nSPS) is 15.6. The third kappa shape index (κ3) is 4.30. The lowest BCUT2D eigenvalue weighted by Crippen LogP contribution is -2.30. The van der Waals surface area contributed by atoms with Gasteiger partial charge in [-0.25, -0.2) is 0 Å². The van der Waals surface area contributed by atoms with Crippen molar-refractivity contribution in [3.63, 3.8) is 0 Å². The second kappa shape index (κ2) is 10.1. The summed E-state index contributed by atoms with van der Waals surface area (Å²) in [5, 5.41) is 11.8. The molecule has 1 amide bonds. The molecule has 1 N–H and O–H groups in total. The Balaban J connectivity index is 1.61. The zero-order valence-electron chi connectivity index (χ0n) is 21.7. The number of Topliss-reactive ketones (excluding diaryl/α,β-unsaturated/α-hetero) is 1. The van der Waals surface area contributed by atoms with Crippen LogP contribution in [0.25, 0.3) is 11.0 Å². The molecule has 0 radical (unpaired) electrons. The highest BCUT2D eigenvalue weighted by molar-refractivity contribution is 6.16. The number of aliphatic hydroxyl groups is 1. The minimum absolute atomic E-state index is 0.0155. The van der Waals surface area contributed by atoms with Gasteiger partial charge in [-0.05, 0) is 35.2 Å². The van der Waals surface area contributed by atoms with Crippen LogP contribution >= 0.6 is 0 Å². The predicted molar refractivity (Wildman–Crippen MR) is 144 cm³/mol. The second-order valence-electron chi connectivity index (χ2n) is 9.55. The third-order valence-electron chi connectivity index (χ3n) is 6.95. The average molecular weight is 512 g/mol. The summed E-state index contributed by atoms with van der Waals surface area (Å²) in [5.74, 6) is -0.356. The van der Waals surface area contributed by atoms with Crippen LogP contribution in [-0.2, 0) is 11.3 Å². The van der Waals surface area contributed by atoms with Gasteiger partial charge < -0.3 is 23.9 Å². The Morgan fingerprint density at radius 1 is 0.974 bits per heavy atom. The number of carbonyl (C=O) groups excluding carboxylic acids is 2. The minimum Gasteiger partial charge on any atom is -0.503 e. The Morgan fingerprint density at radius 3 is 2.34 bits per heavy atom. The van der Waals surface area contributed by atoms with Crippen molar-refractivity contribution in [3.8, 4) is 11.5 Å². The molecule has 1 atom stereocenters. The number of amides is 1. The molecular formula is C31H29NO6. The van der Waals surface area contributed by atoms with E-state index in [0.717, 1.165) is 11.1 Å². The van der Waals surface area contributed by atoms with Crippen molar-refractivity contribution < 1.29 is 28.6 Å². The molecule has 0 saturated heterocycles. The fourth-order valence-corrected chi connectivity index (χ4v) is 4.92. The van der Waals surface area contributed by atoms with Gasteiger partial charge in [0.25, 0.3) is 5.91 Å². The van der Waals surface area contributed by atoms with Gasteiger partial charge in [-0.1, -0.05) is 68.4 Å². The first kappa shape index (κ1) is 25.1. The van der Waals surface area contributed by atoms with E-state index in [1.807, 2.05) is 54.6 Å². The first-order chi connectivity index (χ1) is 18.3. The Kier molecular flexibility index (Phi) is 6.68. The summed E-state index contributed by atoms with van der Waals surface area (Å²) < 4.78 is 16.8. The van der Waals surface area contributed by atoms with E-state index in [-0.39, 0.29) is 17.9 Å². The van der Waals surface area contributed by atoms with Crippen LogP contribution in [0.1, 0.15) is 53.1 Å². The van der Waals surface area contributed by atoms with Gasteiger partial charge in [-0.2, -0.15) is 0 Å². The van der Waals surface area contributed by atoms with Gasteiger partial charge in [0.2, 0.25) is 5.78 Å². The average Bonchev–Trinajstić information content (AvgIpc) is 3.48. The highest BCUT2D eigenvalue weighted by Gasteiger charge is 2.44. The van der Waals surface area contributed by atoms with E-state index in [2.05, 4.69) is 13.8 Å². The summed E-state index contributed by atoms with van der Waals surface area (Å²) in [6.07, 6.45) is 0. The Labute approximate surface area is 220 Å².